The summed E-state index contributed by atoms with van der Waals surface area (Å²) in [5.74, 6) is 0.0225. The van der Waals surface area contributed by atoms with E-state index in [1.165, 1.54) is 6.07 Å². The summed E-state index contributed by atoms with van der Waals surface area (Å²) in [6.07, 6.45) is 0. The highest BCUT2D eigenvalue weighted by Crippen LogP contribution is 2.33. The van der Waals surface area contributed by atoms with Gasteiger partial charge in [0.05, 0.1) is 17.0 Å². The van der Waals surface area contributed by atoms with E-state index < -0.39 is 11.6 Å². The molecule has 0 spiro atoms. The van der Waals surface area contributed by atoms with Crippen LogP contribution in [0.5, 0.6) is 0 Å². The van der Waals surface area contributed by atoms with E-state index in [0.29, 0.717) is 33.7 Å². The van der Waals surface area contributed by atoms with E-state index in [4.69, 9.17) is 14.6 Å². The first-order valence-electron chi connectivity index (χ1n) is 12.9. The summed E-state index contributed by atoms with van der Waals surface area (Å²) in [6.45, 7) is 11.1. The number of benzene rings is 3. The predicted octanol–water partition coefficient (Wildman–Crippen LogP) is 7.57. The van der Waals surface area contributed by atoms with Crippen LogP contribution in [0.3, 0.4) is 0 Å². The molecular weight excluding hydrogens is 490 g/mol. The first-order chi connectivity index (χ1) is 18.4. The molecule has 0 fully saturated rings. The Morgan fingerprint density at radius 3 is 2.41 bits per heavy atom. The zero-order valence-electron chi connectivity index (χ0n) is 23.5. The van der Waals surface area contributed by atoms with Gasteiger partial charge in [-0.15, -0.1) is 0 Å². The van der Waals surface area contributed by atoms with E-state index in [-0.39, 0.29) is 12.9 Å². The molecule has 39 heavy (non-hydrogen) atoms. The third-order valence-electron chi connectivity index (χ3n) is 6.36. The summed E-state index contributed by atoms with van der Waals surface area (Å²) in [6, 6.07) is 17.8. The van der Waals surface area contributed by atoms with Crippen molar-refractivity contribution in [1.29, 1.82) is 5.41 Å². The highest BCUT2D eigenvalue weighted by molar-refractivity contribution is 6.02. The van der Waals surface area contributed by atoms with Crippen molar-refractivity contribution in [3.05, 3.63) is 93.1 Å². The van der Waals surface area contributed by atoms with Crippen LogP contribution in [-0.2, 0) is 4.74 Å². The zero-order valence-corrected chi connectivity index (χ0v) is 23.5. The molecule has 1 atom stereocenters. The smallest absolute Gasteiger partial charge is 0.340 e. The normalized spacial score (nSPS) is 12.2. The van der Waals surface area contributed by atoms with Crippen LogP contribution in [0.4, 0.5) is 11.4 Å². The van der Waals surface area contributed by atoms with Crippen molar-refractivity contribution in [3.8, 4) is 11.3 Å². The molecule has 1 unspecified atom stereocenters. The predicted molar refractivity (Wildman–Crippen MR) is 160 cm³/mol. The van der Waals surface area contributed by atoms with Gasteiger partial charge in [0.2, 0.25) is 0 Å². The molecule has 4 rings (SSSR count). The molecule has 7 nitrogen and oxygen atoms in total. The Bertz CT molecular complexity index is 1640. The Morgan fingerprint density at radius 1 is 1.03 bits per heavy atom. The number of aryl methyl sites for hydroxylation is 1. The zero-order chi connectivity index (χ0) is 28.5. The molecule has 0 bridgehead atoms. The number of hydrogen-bond acceptors (Lipinski definition) is 7. The quantitative estimate of drug-likeness (QED) is 0.169. The van der Waals surface area contributed by atoms with Crippen LogP contribution >= 0.6 is 0 Å². The average molecular weight is 528 g/mol. The summed E-state index contributed by atoms with van der Waals surface area (Å²) in [5.41, 5.74) is 5.23. The van der Waals surface area contributed by atoms with Crippen LogP contribution in [-0.4, -0.2) is 24.3 Å². The van der Waals surface area contributed by atoms with E-state index in [1.807, 2.05) is 77.1 Å². The lowest BCUT2D eigenvalue weighted by atomic mass is 9.99. The molecule has 1 aromatic heterocycles. The highest BCUT2D eigenvalue weighted by Gasteiger charge is 2.22. The molecule has 0 saturated carbocycles. The summed E-state index contributed by atoms with van der Waals surface area (Å²) in [4.78, 5) is 26.2. The summed E-state index contributed by atoms with van der Waals surface area (Å²) < 4.78 is 12.0. The third-order valence-corrected chi connectivity index (χ3v) is 6.36. The maximum Gasteiger partial charge on any atom is 0.340 e. The number of ether oxygens (including phenoxy) is 1. The third kappa shape index (κ3) is 6.03. The second-order valence-corrected chi connectivity index (χ2v) is 10.8. The number of carbonyl (C=O) groups excluding carboxylic acids is 1. The highest BCUT2D eigenvalue weighted by atomic mass is 16.6. The van der Waals surface area contributed by atoms with E-state index >= 15 is 0 Å². The Hall–Kier alpha value is -4.39. The minimum atomic E-state index is -0.620. The Labute approximate surface area is 230 Å². The summed E-state index contributed by atoms with van der Waals surface area (Å²) in [5, 5.41) is 15.1. The number of hydrogen-bond donors (Lipinski definition) is 3. The first-order valence-corrected chi connectivity index (χ1v) is 12.9. The van der Waals surface area contributed by atoms with Gasteiger partial charge in [0, 0.05) is 48.3 Å². The van der Waals surface area contributed by atoms with Gasteiger partial charge >= 0.3 is 5.97 Å². The monoisotopic (exact) mass is 527 g/mol. The van der Waals surface area contributed by atoms with Gasteiger partial charge in [0.1, 0.15) is 16.9 Å². The van der Waals surface area contributed by atoms with Crippen LogP contribution in [0.25, 0.3) is 22.3 Å². The SMILES string of the molecule is CNc1cc(-c2cc(=O)c3cc(C)cc(C(C)Nc4ccccc4C(=O)OC(C)(C)C)c3o2)ccc1C(C)=N.[HH]. The molecular formula is C32H37N3O4. The Balaban J connectivity index is 0.00000441. The fourth-order valence-corrected chi connectivity index (χ4v) is 4.56. The van der Waals surface area contributed by atoms with E-state index in [2.05, 4.69) is 10.6 Å². The minimum Gasteiger partial charge on any atom is -0.456 e. The molecule has 4 aromatic rings. The standard InChI is InChI=1S/C32H35N3O4.H2/c1-18-14-24(20(3)35-26-11-9-8-10-23(26)31(37)39-32(4,5)6)30-25(15-18)28(36)17-29(38-30)21-12-13-22(19(2)33)27(16-21)34-7;/h8-17,20,33-35H,1-7H3;1H. The number of para-hydroxylation sites is 1. The molecule has 0 radical (unpaired) electrons. The lowest BCUT2D eigenvalue weighted by Crippen LogP contribution is -2.24. The maximum absolute atomic E-state index is 13.3. The van der Waals surface area contributed by atoms with E-state index in [1.54, 1.807) is 26.1 Å². The largest absolute Gasteiger partial charge is 0.456 e. The van der Waals surface area contributed by atoms with Crippen molar-refractivity contribution in [2.24, 2.45) is 0 Å². The van der Waals surface area contributed by atoms with Gasteiger partial charge in [-0.25, -0.2) is 4.79 Å². The van der Waals surface area contributed by atoms with Gasteiger partial charge < -0.3 is 25.2 Å². The second kappa shape index (κ2) is 10.8. The van der Waals surface area contributed by atoms with Gasteiger partial charge in [-0.2, -0.15) is 0 Å². The minimum absolute atomic E-state index is 0. The molecule has 204 valence electrons. The number of fused-ring (bicyclic) bond motifs is 1. The molecule has 0 saturated heterocycles. The van der Waals surface area contributed by atoms with Gasteiger partial charge in [-0.1, -0.05) is 30.3 Å². The van der Waals surface area contributed by atoms with Crippen molar-refractivity contribution in [2.75, 3.05) is 17.7 Å². The van der Waals surface area contributed by atoms with Crippen LogP contribution in [0.2, 0.25) is 0 Å². The first kappa shape index (κ1) is 27.6. The Morgan fingerprint density at radius 2 is 1.74 bits per heavy atom. The van der Waals surface area contributed by atoms with Crippen LogP contribution < -0.4 is 16.1 Å². The number of anilines is 2. The topological polar surface area (TPSA) is 104 Å². The molecule has 0 aliphatic carbocycles. The number of rotatable bonds is 7. The van der Waals surface area contributed by atoms with E-state index in [9.17, 15) is 9.59 Å². The second-order valence-electron chi connectivity index (χ2n) is 10.8. The van der Waals surface area contributed by atoms with Gasteiger partial charge in [-0.3, -0.25) is 4.79 Å². The molecule has 1 heterocycles. The van der Waals surface area contributed by atoms with Crippen molar-refractivity contribution in [1.82, 2.24) is 0 Å². The number of carbonyl (C=O) groups is 1. The fourth-order valence-electron chi connectivity index (χ4n) is 4.56. The molecule has 0 aliphatic heterocycles. The van der Waals surface area contributed by atoms with Crippen LogP contribution in [0.15, 0.2) is 69.9 Å². The maximum atomic E-state index is 13.3. The Kier molecular flexibility index (Phi) is 7.63. The fraction of sp³-hybridized carbons (Fsp3) is 0.281. The van der Waals surface area contributed by atoms with Crippen molar-refractivity contribution in [2.45, 2.75) is 53.2 Å². The molecule has 0 amide bonds. The van der Waals surface area contributed by atoms with Crippen LogP contribution in [0.1, 0.15) is 69.1 Å². The van der Waals surface area contributed by atoms with Gasteiger partial charge in [0.15, 0.2) is 5.43 Å². The molecule has 3 aromatic carbocycles. The molecule has 7 heteroatoms. The van der Waals surface area contributed by atoms with Crippen molar-refractivity contribution < 1.29 is 15.4 Å². The van der Waals surface area contributed by atoms with E-state index in [0.717, 1.165) is 27.9 Å². The number of esters is 1. The lowest BCUT2D eigenvalue weighted by Gasteiger charge is -2.23. The van der Waals surface area contributed by atoms with Crippen LogP contribution in [0, 0.1) is 12.3 Å². The molecule has 0 aliphatic rings. The van der Waals surface area contributed by atoms with Gasteiger partial charge in [0.25, 0.3) is 0 Å². The summed E-state index contributed by atoms with van der Waals surface area (Å²) >= 11 is 0. The van der Waals surface area contributed by atoms with Crippen molar-refractivity contribution in [3.63, 3.8) is 0 Å². The molecule has 3 N–H and O–H groups in total. The number of nitrogens with one attached hydrogen (secondary N) is 3. The van der Waals surface area contributed by atoms with Gasteiger partial charge in [-0.05, 0) is 71.4 Å². The van der Waals surface area contributed by atoms with Crippen molar-refractivity contribution >= 4 is 34.0 Å². The summed E-state index contributed by atoms with van der Waals surface area (Å²) in [7, 11) is 1.80. The average Bonchev–Trinajstić information content (AvgIpc) is 2.87. The lowest BCUT2D eigenvalue weighted by molar-refractivity contribution is 0.00706.